The highest BCUT2D eigenvalue weighted by atomic mass is 35.5. The average Bonchev–Trinajstić information content (AvgIpc) is 2.49. The summed E-state index contributed by atoms with van der Waals surface area (Å²) < 4.78 is 27.1. The number of hydrogen-bond donors (Lipinski definition) is 1. The summed E-state index contributed by atoms with van der Waals surface area (Å²) in [4.78, 5) is 14.0. The van der Waals surface area contributed by atoms with E-state index >= 15 is 0 Å². The van der Waals surface area contributed by atoms with Crippen molar-refractivity contribution < 1.29 is 13.2 Å². The molecule has 24 heavy (non-hydrogen) atoms. The first-order valence-corrected chi connectivity index (χ1v) is 9.80. The Kier molecular flexibility index (Phi) is 6.25. The molecule has 0 unspecified atom stereocenters. The summed E-state index contributed by atoms with van der Waals surface area (Å²) in [5.41, 5.74) is 0.679. The average molecular weight is 374 g/mol. The lowest BCUT2D eigenvalue weighted by molar-refractivity contribution is -0.123. The molecule has 0 bridgehead atoms. The van der Waals surface area contributed by atoms with Crippen molar-refractivity contribution in [3.63, 3.8) is 0 Å². The highest BCUT2D eigenvalue weighted by Crippen LogP contribution is 2.24. The third-order valence-electron chi connectivity index (χ3n) is 3.92. The molecule has 0 spiro atoms. The zero-order valence-electron chi connectivity index (χ0n) is 14.3. The third kappa shape index (κ3) is 4.69. The van der Waals surface area contributed by atoms with Crippen LogP contribution in [-0.2, 0) is 14.8 Å². The van der Waals surface area contributed by atoms with Crippen LogP contribution in [0.4, 0.5) is 0 Å². The summed E-state index contributed by atoms with van der Waals surface area (Å²) in [6.07, 6.45) is 0. The number of sulfonamides is 1. The number of nitrogens with zero attached hydrogens (tertiary/aromatic N) is 2. The van der Waals surface area contributed by atoms with Gasteiger partial charge < -0.3 is 5.32 Å². The Hall–Kier alpha value is -1.15. The van der Waals surface area contributed by atoms with E-state index in [0.717, 1.165) is 0 Å². The molecule has 0 aromatic heterocycles. The van der Waals surface area contributed by atoms with Crippen LogP contribution >= 0.6 is 11.6 Å². The molecule has 0 radical (unpaired) electrons. The van der Waals surface area contributed by atoms with Crippen LogP contribution < -0.4 is 5.32 Å². The summed E-state index contributed by atoms with van der Waals surface area (Å²) in [6, 6.07) is 4.99. The van der Waals surface area contributed by atoms with Crippen molar-refractivity contribution in [1.29, 1.82) is 0 Å². The number of halogens is 1. The molecule has 1 aliphatic heterocycles. The van der Waals surface area contributed by atoms with Crippen LogP contribution in [0.3, 0.4) is 0 Å². The fourth-order valence-corrected chi connectivity index (χ4v) is 4.60. The van der Waals surface area contributed by atoms with Crippen molar-refractivity contribution in [2.45, 2.75) is 31.7 Å². The molecule has 0 aliphatic carbocycles. The Bertz CT molecular complexity index is 699. The molecule has 134 valence electrons. The first-order chi connectivity index (χ1) is 11.2. The number of carbonyl (C=O) groups excluding carboxylic acids is 1. The first-order valence-electron chi connectivity index (χ1n) is 7.98. The van der Waals surface area contributed by atoms with Gasteiger partial charge in [-0.3, -0.25) is 9.69 Å². The van der Waals surface area contributed by atoms with Gasteiger partial charge in [0.2, 0.25) is 15.9 Å². The third-order valence-corrected chi connectivity index (χ3v) is 6.19. The fraction of sp³-hybridized carbons (Fsp3) is 0.562. The molecule has 0 atom stereocenters. The summed E-state index contributed by atoms with van der Waals surface area (Å²) in [5.74, 6) is -0.0352. The second-order valence-electron chi connectivity index (χ2n) is 6.31. The van der Waals surface area contributed by atoms with Gasteiger partial charge in [-0.15, -0.1) is 0 Å². The topological polar surface area (TPSA) is 69.7 Å². The van der Waals surface area contributed by atoms with Gasteiger partial charge in [0.05, 0.1) is 11.4 Å². The molecule has 6 nitrogen and oxygen atoms in total. The van der Waals surface area contributed by atoms with Crippen LogP contribution in [0.25, 0.3) is 0 Å². The molecule has 1 aliphatic rings. The van der Waals surface area contributed by atoms with Crippen LogP contribution in [0.2, 0.25) is 5.02 Å². The Labute approximate surface area is 148 Å². The lowest BCUT2D eigenvalue weighted by atomic mass is 10.2. The van der Waals surface area contributed by atoms with Crippen molar-refractivity contribution in [3.05, 3.63) is 28.8 Å². The van der Waals surface area contributed by atoms with Gasteiger partial charge in [-0.25, -0.2) is 8.42 Å². The molecule has 1 aromatic rings. The zero-order chi connectivity index (χ0) is 17.9. The predicted octanol–water partition coefficient (Wildman–Crippen LogP) is 1.48. The fourth-order valence-electron chi connectivity index (χ4n) is 2.69. The van der Waals surface area contributed by atoms with E-state index < -0.39 is 10.0 Å². The molecule has 1 aromatic carbocycles. The smallest absolute Gasteiger partial charge is 0.243 e. The van der Waals surface area contributed by atoms with Gasteiger partial charge in [-0.2, -0.15) is 4.31 Å². The van der Waals surface area contributed by atoms with Crippen LogP contribution in [0.1, 0.15) is 19.4 Å². The molecular weight excluding hydrogens is 350 g/mol. The number of benzene rings is 1. The Morgan fingerprint density at radius 3 is 2.46 bits per heavy atom. The molecule has 1 N–H and O–H groups in total. The highest BCUT2D eigenvalue weighted by Gasteiger charge is 2.30. The van der Waals surface area contributed by atoms with Gasteiger partial charge in [0, 0.05) is 37.2 Å². The number of aryl methyl sites for hydroxylation is 1. The summed E-state index contributed by atoms with van der Waals surface area (Å²) in [7, 11) is -3.56. The van der Waals surface area contributed by atoms with E-state index in [2.05, 4.69) is 5.32 Å². The van der Waals surface area contributed by atoms with Crippen LogP contribution in [0, 0.1) is 6.92 Å². The quantitative estimate of drug-likeness (QED) is 0.848. The lowest BCUT2D eigenvalue weighted by Gasteiger charge is -2.33. The maximum absolute atomic E-state index is 12.8. The van der Waals surface area contributed by atoms with Crippen LogP contribution in [0.15, 0.2) is 23.1 Å². The first kappa shape index (κ1) is 19.2. The second kappa shape index (κ2) is 7.82. The Morgan fingerprint density at radius 1 is 1.25 bits per heavy atom. The summed E-state index contributed by atoms with van der Waals surface area (Å²) in [5, 5.41) is 3.25. The number of piperazine rings is 1. The van der Waals surface area contributed by atoms with Crippen molar-refractivity contribution in [2.24, 2.45) is 0 Å². The maximum atomic E-state index is 12.8. The van der Waals surface area contributed by atoms with Crippen molar-refractivity contribution in [3.8, 4) is 0 Å². The Morgan fingerprint density at radius 2 is 1.88 bits per heavy atom. The number of carbonyl (C=O) groups is 1. The van der Waals surface area contributed by atoms with Gasteiger partial charge in [-0.1, -0.05) is 17.7 Å². The lowest BCUT2D eigenvalue weighted by Crippen LogP contribution is -2.51. The van der Waals surface area contributed by atoms with Crippen molar-refractivity contribution >= 4 is 27.5 Å². The minimum atomic E-state index is -3.56. The predicted molar refractivity (Wildman–Crippen MR) is 94.7 cm³/mol. The van der Waals surface area contributed by atoms with Gasteiger partial charge in [-0.05, 0) is 38.5 Å². The zero-order valence-corrected chi connectivity index (χ0v) is 15.8. The molecule has 2 rings (SSSR count). The Balaban J connectivity index is 2.01. The minimum Gasteiger partial charge on any atom is -0.353 e. The standard InChI is InChI=1S/C16H24ClN3O3S/c1-12(2)18-16(21)11-19-6-8-20(9-7-19)24(22,23)15-10-14(17)5-4-13(15)3/h4-5,10,12H,6-9,11H2,1-3H3,(H,18,21). The van der Waals surface area contributed by atoms with E-state index in [-0.39, 0.29) is 16.8 Å². The van der Waals surface area contributed by atoms with Gasteiger partial charge in [0.1, 0.15) is 0 Å². The van der Waals surface area contributed by atoms with Gasteiger partial charge >= 0.3 is 0 Å². The number of amides is 1. The van der Waals surface area contributed by atoms with E-state index in [4.69, 9.17) is 11.6 Å². The molecule has 8 heteroatoms. The van der Waals surface area contributed by atoms with Crippen LogP contribution in [0.5, 0.6) is 0 Å². The van der Waals surface area contributed by atoms with E-state index in [1.807, 2.05) is 18.7 Å². The maximum Gasteiger partial charge on any atom is 0.243 e. The van der Waals surface area contributed by atoms with Gasteiger partial charge in [0.25, 0.3) is 0 Å². The monoisotopic (exact) mass is 373 g/mol. The van der Waals surface area contributed by atoms with E-state index in [0.29, 0.717) is 43.3 Å². The molecule has 1 fully saturated rings. The van der Waals surface area contributed by atoms with Gasteiger partial charge in [0.15, 0.2) is 0 Å². The number of hydrogen-bond acceptors (Lipinski definition) is 4. The normalized spacial score (nSPS) is 17.2. The van der Waals surface area contributed by atoms with E-state index in [9.17, 15) is 13.2 Å². The van der Waals surface area contributed by atoms with Crippen LogP contribution in [-0.4, -0.2) is 62.3 Å². The second-order valence-corrected chi connectivity index (χ2v) is 8.66. The molecular formula is C16H24ClN3O3S. The number of rotatable bonds is 5. The highest BCUT2D eigenvalue weighted by molar-refractivity contribution is 7.89. The van der Waals surface area contributed by atoms with E-state index in [1.165, 1.54) is 10.4 Å². The SMILES string of the molecule is Cc1ccc(Cl)cc1S(=O)(=O)N1CCN(CC(=O)NC(C)C)CC1. The summed E-state index contributed by atoms with van der Waals surface area (Å²) in [6.45, 7) is 7.67. The van der Waals surface area contributed by atoms with Crippen molar-refractivity contribution in [2.75, 3.05) is 32.7 Å². The van der Waals surface area contributed by atoms with E-state index in [1.54, 1.807) is 19.1 Å². The molecule has 1 saturated heterocycles. The number of nitrogens with one attached hydrogen (secondary N) is 1. The van der Waals surface area contributed by atoms with Crippen molar-refractivity contribution in [1.82, 2.24) is 14.5 Å². The minimum absolute atomic E-state index is 0.0352. The summed E-state index contributed by atoms with van der Waals surface area (Å²) >= 11 is 5.95. The molecule has 1 heterocycles. The molecule has 0 saturated carbocycles. The molecule has 1 amide bonds. The largest absolute Gasteiger partial charge is 0.353 e.